The van der Waals surface area contributed by atoms with Crippen LogP contribution in [0.25, 0.3) is 11.0 Å². The van der Waals surface area contributed by atoms with Crippen LogP contribution in [0.3, 0.4) is 0 Å². The normalized spacial score (nSPS) is 13.4. The second-order valence-electron chi connectivity index (χ2n) is 11.2. The predicted molar refractivity (Wildman–Crippen MR) is 174 cm³/mol. The molecule has 1 saturated heterocycles. The molecule has 12 heteroatoms. The molecule has 3 aromatic heterocycles. The Labute approximate surface area is 269 Å². The number of methoxy groups -OCH3 is 1. The number of pyridine rings is 1. The van der Waals surface area contributed by atoms with Gasteiger partial charge in [-0.3, -0.25) is 9.36 Å². The molecule has 0 unspecified atom stereocenters. The third-order valence-corrected chi connectivity index (χ3v) is 8.03. The lowest BCUT2D eigenvalue weighted by molar-refractivity contribution is -0.137. The number of hydrogen-bond acceptors (Lipinski definition) is 8. The molecule has 5 aromatic rings. The minimum Gasteiger partial charge on any atom is -0.467 e. The van der Waals surface area contributed by atoms with Crippen molar-refractivity contribution < 1.29 is 22.3 Å². The van der Waals surface area contributed by atoms with Crippen molar-refractivity contribution in [2.75, 3.05) is 50.1 Å². The van der Waals surface area contributed by atoms with Gasteiger partial charge in [0.15, 0.2) is 0 Å². The van der Waals surface area contributed by atoms with Gasteiger partial charge in [0, 0.05) is 61.8 Å². The Balaban J connectivity index is 1.41. The van der Waals surface area contributed by atoms with Crippen LogP contribution < -0.4 is 21.1 Å². The highest BCUT2D eigenvalue weighted by Gasteiger charge is 2.35. The molecule has 6 rings (SSSR count). The Kier molecular flexibility index (Phi) is 9.29. The fourth-order valence-electron chi connectivity index (χ4n) is 5.54. The average molecular weight is 643 g/mol. The molecule has 0 atom stereocenters. The van der Waals surface area contributed by atoms with Crippen molar-refractivity contribution in [3.63, 3.8) is 0 Å². The van der Waals surface area contributed by atoms with Gasteiger partial charge in [-0.2, -0.15) is 18.2 Å². The van der Waals surface area contributed by atoms with Crippen molar-refractivity contribution in [1.29, 1.82) is 0 Å². The minimum absolute atomic E-state index is 0.0338. The molecule has 47 heavy (non-hydrogen) atoms. The molecule has 0 bridgehead atoms. The number of nitrogens with one attached hydrogen (secondary N) is 2. The first-order valence-corrected chi connectivity index (χ1v) is 15.2. The molecule has 242 valence electrons. The fourth-order valence-corrected chi connectivity index (χ4v) is 5.54. The van der Waals surface area contributed by atoms with E-state index in [-0.39, 0.29) is 35.1 Å². The van der Waals surface area contributed by atoms with Crippen LogP contribution in [-0.4, -0.2) is 54.4 Å². The maximum atomic E-state index is 14.2. The van der Waals surface area contributed by atoms with Gasteiger partial charge in [-0.25, -0.2) is 4.98 Å². The van der Waals surface area contributed by atoms with Crippen molar-refractivity contribution in [3.8, 4) is 11.8 Å². The van der Waals surface area contributed by atoms with Crippen molar-refractivity contribution in [2.45, 2.75) is 26.1 Å². The number of fused-ring (bicyclic) bond motifs is 1. The van der Waals surface area contributed by atoms with Gasteiger partial charge in [0.25, 0.3) is 5.56 Å². The third kappa shape index (κ3) is 7.16. The monoisotopic (exact) mass is 642 g/mol. The quantitative estimate of drug-likeness (QED) is 0.214. The smallest absolute Gasteiger partial charge is 0.418 e. The highest BCUT2D eigenvalue weighted by atomic mass is 19.4. The lowest BCUT2D eigenvalue weighted by Crippen LogP contribution is -2.44. The fraction of sp³-hybridized carbons (Fsp3) is 0.286. The number of benzene rings is 2. The van der Waals surface area contributed by atoms with E-state index in [9.17, 15) is 18.0 Å². The first-order chi connectivity index (χ1) is 22.7. The van der Waals surface area contributed by atoms with E-state index < -0.39 is 17.3 Å². The maximum Gasteiger partial charge on any atom is 0.418 e. The van der Waals surface area contributed by atoms with Gasteiger partial charge < -0.3 is 24.7 Å². The van der Waals surface area contributed by atoms with E-state index >= 15 is 0 Å². The van der Waals surface area contributed by atoms with E-state index in [2.05, 4.69) is 32.4 Å². The molecule has 2 N–H and O–H groups in total. The van der Waals surface area contributed by atoms with Crippen LogP contribution in [0.2, 0.25) is 0 Å². The number of alkyl halides is 3. The number of furan rings is 1. The summed E-state index contributed by atoms with van der Waals surface area (Å²) in [4.78, 5) is 24.6. The van der Waals surface area contributed by atoms with E-state index in [1.807, 2.05) is 37.3 Å². The number of ether oxygens (including phenoxy) is 1. The third-order valence-electron chi connectivity index (χ3n) is 8.03. The summed E-state index contributed by atoms with van der Waals surface area (Å²) < 4.78 is 55.0. The highest BCUT2D eigenvalue weighted by molar-refractivity contribution is 5.78. The first kappa shape index (κ1) is 31.8. The van der Waals surface area contributed by atoms with Gasteiger partial charge in [0.1, 0.15) is 11.4 Å². The zero-order chi connectivity index (χ0) is 33.0. The summed E-state index contributed by atoms with van der Waals surface area (Å²) in [5.41, 5.74) is 2.32. The molecule has 9 nitrogen and oxygen atoms in total. The SMILES string of the molecule is COCCc1ccoc1Cn1c(=O)c(C#Cc2ccccc2C)cc2cnc(Nc3ccc(N4CCNCC4)c(C(F)(F)F)c3)nc21. The first-order valence-electron chi connectivity index (χ1n) is 15.2. The largest absolute Gasteiger partial charge is 0.467 e. The number of anilines is 3. The van der Waals surface area contributed by atoms with E-state index in [0.717, 1.165) is 22.8 Å². The van der Waals surface area contributed by atoms with Gasteiger partial charge >= 0.3 is 6.18 Å². The van der Waals surface area contributed by atoms with Crippen LogP contribution in [0.5, 0.6) is 0 Å². The molecule has 4 heterocycles. The number of rotatable bonds is 8. The zero-order valence-electron chi connectivity index (χ0n) is 25.9. The number of aromatic nitrogens is 3. The second-order valence-corrected chi connectivity index (χ2v) is 11.2. The van der Waals surface area contributed by atoms with Gasteiger partial charge in [0.05, 0.1) is 30.5 Å². The Hall–Kier alpha value is -5.12. The van der Waals surface area contributed by atoms with Crippen LogP contribution in [0.4, 0.5) is 30.5 Å². The molecule has 0 saturated carbocycles. The molecule has 1 fully saturated rings. The predicted octanol–water partition coefficient (Wildman–Crippen LogP) is 5.50. The number of halogens is 3. The number of piperazine rings is 1. The summed E-state index contributed by atoms with van der Waals surface area (Å²) >= 11 is 0. The highest BCUT2D eigenvalue weighted by Crippen LogP contribution is 2.39. The molecule has 0 amide bonds. The molecule has 0 aliphatic carbocycles. The standard InChI is InChI=1S/C35H33F3N6O3/c1-23-5-3-4-6-24(23)7-8-26-19-27-21-40-34(42-32(27)44(33(26)45)22-31-25(11-17-46-2)12-18-47-31)41-28-9-10-30(29(20-28)35(36,37)38)43-15-13-39-14-16-43/h3-6,9-10,12,18-21,39H,11,13-17,22H2,1-2H3,(H,40,41,42). The number of hydrogen-bond donors (Lipinski definition) is 2. The molecule has 1 aliphatic rings. The van der Waals surface area contributed by atoms with Gasteiger partial charge in [-0.05, 0) is 60.9 Å². The average Bonchev–Trinajstić information content (AvgIpc) is 3.52. The van der Waals surface area contributed by atoms with Crippen LogP contribution >= 0.6 is 0 Å². The van der Waals surface area contributed by atoms with Crippen molar-refractivity contribution >= 4 is 28.4 Å². The summed E-state index contributed by atoms with van der Waals surface area (Å²) in [5, 5.41) is 6.60. The van der Waals surface area contributed by atoms with E-state index in [4.69, 9.17) is 9.15 Å². The van der Waals surface area contributed by atoms with Crippen LogP contribution in [0.1, 0.15) is 33.6 Å². The Morgan fingerprint density at radius 1 is 1.06 bits per heavy atom. The molecule has 1 aliphatic heterocycles. The van der Waals surface area contributed by atoms with Crippen LogP contribution in [0.15, 0.2) is 76.3 Å². The number of aryl methyl sites for hydroxylation is 1. The molecule has 0 spiro atoms. The van der Waals surface area contributed by atoms with Gasteiger partial charge in [-0.1, -0.05) is 30.0 Å². The topological polar surface area (TPSA) is 97.5 Å². The maximum absolute atomic E-state index is 14.2. The summed E-state index contributed by atoms with van der Waals surface area (Å²) in [5.74, 6) is 6.70. The summed E-state index contributed by atoms with van der Waals surface area (Å²) in [6, 6.07) is 15.2. The van der Waals surface area contributed by atoms with Gasteiger partial charge in [-0.15, -0.1) is 0 Å². The van der Waals surface area contributed by atoms with E-state index in [1.54, 1.807) is 30.4 Å². The summed E-state index contributed by atoms with van der Waals surface area (Å²) in [6.45, 7) is 4.62. The van der Waals surface area contributed by atoms with Crippen LogP contribution in [-0.2, 0) is 23.9 Å². The Morgan fingerprint density at radius 2 is 1.85 bits per heavy atom. The molecule has 2 aromatic carbocycles. The molecular formula is C35H33F3N6O3. The summed E-state index contributed by atoms with van der Waals surface area (Å²) in [6.07, 6.45) is -0.913. The zero-order valence-corrected chi connectivity index (χ0v) is 25.9. The van der Waals surface area contributed by atoms with E-state index in [0.29, 0.717) is 50.4 Å². The van der Waals surface area contributed by atoms with Crippen molar-refractivity contribution in [2.24, 2.45) is 0 Å². The lowest BCUT2D eigenvalue weighted by atomic mass is 10.1. The Morgan fingerprint density at radius 3 is 2.62 bits per heavy atom. The van der Waals surface area contributed by atoms with Crippen molar-refractivity contribution in [3.05, 3.63) is 111 Å². The van der Waals surface area contributed by atoms with E-state index in [1.165, 1.54) is 16.8 Å². The molecule has 0 radical (unpaired) electrons. The number of nitrogens with zero attached hydrogens (tertiary/aromatic N) is 4. The van der Waals surface area contributed by atoms with Crippen molar-refractivity contribution in [1.82, 2.24) is 19.9 Å². The van der Waals surface area contributed by atoms with Gasteiger partial charge in [0.2, 0.25) is 5.95 Å². The summed E-state index contributed by atoms with van der Waals surface area (Å²) in [7, 11) is 1.61. The second kappa shape index (κ2) is 13.7. The molecular weight excluding hydrogens is 609 g/mol. The minimum atomic E-state index is -4.57. The Bertz CT molecular complexity index is 2020. The van der Waals surface area contributed by atoms with Crippen LogP contribution in [0, 0.1) is 18.8 Å². The lowest BCUT2D eigenvalue weighted by Gasteiger charge is -2.31.